The van der Waals surface area contributed by atoms with Gasteiger partial charge in [-0.05, 0) is 36.2 Å². The third-order valence-corrected chi connectivity index (χ3v) is 3.46. The summed E-state index contributed by atoms with van der Waals surface area (Å²) in [4.78, 5) is 30.2. The summed E-state index contributed by atoms with van der Waals surface area (Å²) in [7, 11) is 0. The van der Waals surface area contributed by atoms with Gasteiger partial charge in [-0.3, -0.25) is 4.79 Å². The van der Waals surface area contributed by atoms with Crippen LogP contribution >= 0.6 is 0 Å². The lowest BCUT2D eigenvalue weighted by atomic mass is 10.1. The number of amides is 1. The maximum atomic E-state index is 12.2. The minimum Gasteiger partial charge on any atom is -0.463 e. The van der Waals surface area contributed by atoms with Crippen molar-refractivity contribution in [2.75, 3.05) is 0 Å². The first-order chi connectivity index (χ1) is 11.1. The standard InChI is InChI=1S/C17H15N3O3/c1-11-5-2-3-6-12(11)10-18-16(21)14-9-13(19-17(22)20-14)15-7-4-8-23-15/h2-9H,10H2,1H3,(H,18,21)(H,19,20,22). The van der Waals surface area contributed by atoms with Crippen LogP contribution in [0.4, 0.5) is 0 Å². The Balaban J connectivity index is 1.80. The zero-order chi connectivity index (χ0) is 16.2. The molecule has 0 unspecified atom stereocenters. The predicted octanol–water partition coefficient (Wildman–Crippen LogP) is 2.27. The van der Waals surface area contributed by atoms with Crippen LogP contribution in [0.5, 0.6) is 0 Å². The highest BCUT2D eigenvalue weighted by atomic mass is 16.3. The molecule has 6 nitrogen and oxygen atoms in total. The normalized spacial score (nSPS) is 10.5. The maximum Gasteiger partial charge on any atom is 0.346 e. The van der Waals surface area contributed by atoms with Crippen molar-refractivity contribution >= 4 is 5.91 Å². The number of furan rings is 1. The summed E-state index contributed by atoms with van der Waals surface area (Å²) in [6.45, 7) is 2.35. The summed E-state index contributed by atoms with van der Waals surface area (Å²) in [5.74, 6) is 0.0598. The Kier molecular flexibility index (Phi) is 4.05. The monoisotopic (exact) mass is 309 g/mol. The van der Waals surface area contributed by atoms with E-state index >= 15 is 0 Å². The van der Waals surface area contributed by atoms with Gasteiger partial charge < -0.3 is 14.7 Å². The summed E-state index contributed by atoms with van der Waals surface area (Å²) < 4.78 is 5.22. The molecule has 6 heteroatoms. The van der Waals surface area contributed by atoms with E-state index in [0.717, 1.165) is 11.1 Å². The maximum absolute atomic E-state index is 12.2. The van der Waals surface area contributed by atoms with Gasteiger partial charge in [0, 0.05) is 6.54 Å². The number of aromatic amines is 1. The van der Waals surface area contributed by atoms with Gasteiger partial charge in [-0.2, -0.15) is 4.98 Å². The smallest absolute Gasteiger partial charge is 0.346 e. The summed E-state index contributed by atoms with van der Waals surface area (Å²) in [5, 5.41) is 2.77. The van der Waals surface area contributed by atoms with E-state index in [1.807, 2.05) is 31.2 Å². The Morgan fingerprint density at radius 1 is 1.26 bits per heavy atom. The van der Waals surface area contributed by atoms with Crippen LogP contribution in [0.25, 0.3) is 11.5 Å². The summed E-state index contributed by atoms with van der Waals surface area (Å²) in [5.41, 5.74) is 1.96. The second-order valence-corrected chi connectivity index (χ2v) is 5.07. The number of hydrogen-bond acceptors (Lipinski definition) is 4. The van der Waals surface area contributed by atoms with E-state index in [1.54, 1.807) is 12.1 Å². The Morgan fingerprint density at radius 2 is 2.09 bits per heavy atom. The first-order valence-corrected chi connectivity index (χ1v) is 7.11. The summed E-state index contributed by atoms with van der Waals surface area (Å²) in [6.07, 6.45) is 1.49. The third kappa shape index (κ3) is 3.37. The van der Waals surface area contributed by atoms with Gasteiger partial charge in [-0.15, -0.1) is 0 Å². The van der Waals surface area contributed by atoms with Gasteiger partial charge in [0.25, 0.3) is 5.91 Å². The third-order valence-electron chi connectivity index (χ3n) is 3.46. The molecule has 2 heterocycles. The molecule has 0 saturated carbocycles. The van der Waals surface area contributed by atoms with Crippen LogP contribution in [0.3, 0.4) is 0 Å². The average Bonchev–Trinajstić information content (AvgIpc) is 3.08. The molecule has 0 atom stereocenters. The number of aryl methyl sites for hydroxylation is 1. The lowest BCUT2D eigenvalue weighted by molar-refractivity contribution is 0.0945. The molecule has 1 amide bonds. The van der Waals surface area contributed by atoms with Crippen LogP contribution in [0.15, 0.2) is 57.9 Å². The lowest BCUT2D eigenvalue weighted by Crippen LogP contribution is -2.27. The van der Waals surface area contributed by atoms with Crippen molar-refractivity contribution in [3.05, 3.63) is 76.0 Å². The molecule has 0 radical (unpaired) electrons. The van der Waals surface area contributed by atoms with Crippen LogP contribution in [0.1, 0.15) is 21.6 Å². The fraction of sp³-hybridized carbons (Fsp3) is 0.118. The highest BCUT2D eigenvalue weighted by Gasteiger charge is 2.12. The molecule has 2 N–H and O–H groups in total. The van der Waals surface area contributed by atoms with Crippen LogP contribution in [-0.4, -0.2) is 15.9 Å². The van der Waals surface area contributed by atoms with Crippen LogP contribution in [0, 0.1) is 6.92 Å². The molecule has 0 spiro atoms. The van der Waals surface area contributed by atoms with E-state index in [2.05, 4.69) is 15.3 Å². The number of carbonyl (C=O) groups is 1. The van der Waals surface area contributed by atoms with Gasteiger partial charge in [0.2, 0.25) is 0 Å². The summed E-state index contributed by atoms with van der Waals surface area (Å²) >= 11 is 0. The van der Waals surface area contributed by atoms with E-state index in [1.165, 1.54) is 12.3 Å². The van der Waals surface area contributed by atoms with Gasteiger partial charge in [0.15, 0.2) is 0 Å². The predicted molar refractivity (Wildman–Crippen MR) is 84.9 cm³/mol. The molecule has 116 valence electrons. The minimum atomic E-state index is -0.597. The van der Waals surface area contributed by atoms with Gasteiger partial charge in [0.1, 0.15) is 11.5 Å². The topological polar surface area (TPSA) is 88.0 Å². The lowest BCUT2D eigenvalue weighted by Gasteiger charge is -2.07. The quantitative estimate of drug-likeness (QED) is 0.774. The molecular formula is C17H15N3O3. The van der Waals surface area contributed by atoms with E-state index in [4.69, 9.17) is 4.42 Å². The zero-order valence-corrected chi connectivity index (χ0v) is 12.5. The Bertz CT molecular complexity index is 882. The molecule has 0 saturated heterocycles. The van der Waals surface area contributed by atoms with E-state index < -0.39 is 11.6 Å². The van der Waals surface area contributed by atoms with Crippen LogP contribution < -0.4 is 11.0 Å². The molecule has 0 bridgehead atoms. The summed E-state index contributed by atoms with van der Waals surface area (Å²) in [6, 6.07) is 12.7. The largest absolute Gasteiger partial charge is 0.463 e. The Hall–Kier alpha value is -3.15. The first-order valence-electron chi connectivity index (χ1n) is 7.11. The molecular weight excluding hydrogens is 294 g/mol. The highest BCUT2D eigenvalue weighted by molar-refractivity contribution is 5.92. The Labute approximate surface area is 132 Å². The second-order valence-electron chi connectivity index (χ2n) is 5.07. The van der Waals surface area contributed by atoms with Crippen molar-refractivity contribution in [3.8, 4) is 11.5 Å². The fourth-order valence-corrected chi connectivity index (χ4v) is 2.21. The van der Waals surface area contributed by atoms with Crippen molar-refractivity contribution in [3.63, 3.8) is 0 Å². The highest BCUT2D eigenvalue weighted by Crippen LogP contribution is 2.16. The van der Waals surface area contributed by atoms with E-state index in [-0.39, 0.29) is 5.69 Å². The number of nitrogens with one attached hydrogen (secondary N) is 2. The molecule has 0 fully saturated rings. The van der Waals surface area contributed by atoms with E-state index in [9.17, 15) is 9.59 Å². The van der Waals surface area contributed by atoms with Gasteiger partial charge in [0.05, 0.1) is 12.0 Å². The molecule has 23 heavy (non-hydrogen) atoms. The molecule has 0 aliphatic heterocycles. The minimum absolute atomic E-state index is 0.0498. The van der Waals surface area contributed by atoms with Crippen LogP contribution in [0.2, 0.25) is 0 Å². The Morgan fingerprint density at radius 3 is 2.83 bits per heavy atom. The number of aromatic nitrogens is 2. The van der Waals surface area contributed by atoms with Gasteiger partial charge >= 0.3 is 5.69 Å². The number of H-pyrrole nitrogens is 1. The first kappa shape index (κ1) is 14.8. The fourth-order valence-electron chi connectivity index (χ4n) is 2.21. The number of benzene rings is 1. The molecule has 3 rings (SSSR count). The van der Waals surface area contributed by atoms with Gasteiger partial charge in [-0.25, -0.2) is 4.79 Å². The van der Waals surface area contributed by atoms with Crippen molar-refractivity contribution in [1.82, 2.24) is 15.3 Å². The SMILES string of the molecule is Cc1ccccc1CNC(=O)c1cc(-c2ccco2)[nH]c(=O)n1. The van der Waals surface area contributed by atoms with E-state index in [0.29, 0.717) is 18.0 Å². The number of hydrogen-bond donors (Lipinski definition) is 2. The molecule has 3 aromatic rings. The number of nitrogens with zero attached hydrogens (tertiary/aromatic N) is 1. The van der Waals surface area contributed by atoms with Gasteiger partial charge in [-0.1, -0.05) is 24.3 Å². The molecule has 2 aromatic heterocycles. The zero-order valence-electron chi connectivity index (χ0n) is 12.5. The molecule has 1 aromatic carbocycles. The van der Waals surface area contributed by atoms with Crippen LogP contribution in [-0.2, 0) is 6.54 Å². The number of carbonyl (C=O) groups excluding carboxylic acids is 1. The second kappa shape index (κ2) is 6.31. The number of rotatable bonds is 4. The molecule has 0 aliphatic rings. The van der Waals surface area contributed by atoms with Crippen molar-refractivity contribution in [1.29, 1.82) is 0 Å². The van der Waals surface area contributed by atoms with Crippen molar-refractivity contribution < 1.29 is 9.21 Å². The van der Waals surface area contributed by atoms with Crippen molar-refractivity contribution in [2.24, 2.45) is 0 Å². The van der Waals surface area contributed by atoms with Crippen molar-refractivity contribution in [2.45, 2.75) is 13.5 Å². The molecule has 0 aliphatic carbocycles. The average molecular weight is 309 g/mol.